The van der Waals surface area contributed by atoms with Crippen LogP contribution in [-0.2, 0) is 22.6 Å². The first kappa shape index (κ1) is 22.9. The van der Waals surface area contributed by atoms with E-state index in [2.05, 4.69) is 10.1 Å². The molecular formula is C21H12ClF4N3O3S. The van der Waals surface area contributed by atoms with E-state index in [0.29, 0.717) is 9.47 Å². The van der Waals surface area contributed by atoms with Gasteiger partial charge in [-0.1, -0.05) is 17.7 Å². The fourth-order valence-electron chi connectivity index (χ4n) is 3.23. The van der Waals surface area contributed by atoms with Gasteiger partial charge in [0.2, 0.25) is 0 Å². The van der Waals surface area contributed by atoms with Gasteiger partial charge in [0.1, 0.15) is 5.82 Å². The van der Waals surface area contributed by atoms with Crippen LogP contribution in [0.4, 0.5) is 17.6 Å². The van der Waals surface area contributed by atoms with Gasteiger partial charge >= 0.3 is 6.18 Å². The van der Waals surface area contributed by atoms with Crippen LogP contribution in [0.2, 0.25) is 5.02 Å². The number of ketones is 1. The van der Waals surface area contributed by atoms with Crippen LogP contribution in [-0.4, -0.2) is 28.4 Å². The molecule has 0 atom stereocenters. The number of halogens is 5. The lowest BCUT2D eigenvalue weighted by molar-refractivity contribution is -0.137. The molecule has 0 spiro atoms. The molecule has 0 aliphatic carbocycles. The van der Waals surface area contributed by atoms with E-state index in [1.807, 2.05) is 0 Å². The highest BCUT2D eigenvalue weighted by Gasteiger charge is 2.36. The van der Waals surface area contributed by atoms with Gasteiger partial charge in [-0.15, -0.1) is 0 Å². The molecule has 4 rings (SSSR count). The third kappa shape index (κ3) is 4.33. The average molecular weight is 498 g/mol. The number of alkyl halides is 3. The molecule has 0 fully saturated rings. The van der Waals surface area contributed by atoms with Gasteiger partial charge in [-0.2, -0.15) is 30.8 Å². The van der Waals surface area contributed by atoms with Gasteiger partial charge < -0.3 is 0 Å². The minimum Gasteiger partial charge on any atom is -0.294 e. The Morgan fingerprint density at radius 2 is 1.76 bits per heavy atom. The minimum atomic E-state index is -4.80. The number of benzene rings is 2. The Labute approximate surface area is 189 Å². The predicted octanol–water partition coefficient (Wildman–Crippen LogP) is 4.91. The number of Topliss-reactive ketones (excluding diaryl/α,β-unsaturated/α-hetero) is 1. The second-order valence-corrected chi connectivity index (χ2v) is 9.12. The third-order valence-corrected chi connectivity index (χ3v) is 6.68. The van der Waals surface area contributed by atoms with Crippen molar-refractivity contribution in [3.63, 3.8) is 0 Å². The summed E-state index contributed by atoms with van der Waals surface area (Å²) in [5, 5.41) is 3.79. The molecule has 0 radical (unpaired) electrons. The summed E-state index contributed by atoms with van der Waals surface area (Å²) in [4.78, 5) is 16.5. The predicted molar refractivity (Wildman–Crippen MR) is 111 cm³/mol. The summed E-state index contributed by atoms with van der Waals surface area (Å²) in [7, 11) is -4.21. The maximum atomic E-state index is 13.3. The van der Waals surface area contributed by atoms with E-state index in [1.165, 1.54) is 24.5 Å². The molecule has 2 aromatic carbocycles. The first-order valence-electron chi connectivity index (χ1n) is 9.21. The first-order chi connectivity index (χ1) is 15.5. The normalized spacial score (nSPS) is 12.3. The van der Waals surface area contributed by atoms with Gasteiger partial charge in [-0.3, -0.25) is 9.78 Å². The Morgan fingerprint density at radius 3 is 2.42 bits per heavy atom. The number of carbonyl (C=O) groups is 1. The van der Waals surface area contributed by atoms with Gasteiger partial charge in [-0.25, -0.2) is 4.39 Å². The van der Waals surface area contributed by atoms with Crippen molar-refractivity contribution in [2.24, 2.45) is 0 Å². The lowest BCUT2D eigenvalue weighted by Crippen LogP contribution is -2.16. The molecule has 2 aromatic heterocycles. The Balaban J connectivity index is 1.74. The second kappa shape index (κ2) is 8.23. The van der Waals surface area contributed by atoms with E-state index in [4.69, 9.17) is 11.6 Å². The van der Waals surface area contributed by atoms with Crippen LogP contribution in [0.25, 0.3) is 10.9 Å². The number of rotatable bonds is 5. The highest BCUT2D eigenvalue weighted by Crippen LogP contribution is 2.35. The maximum absolute atomic E-state index is 13.3. The van der Waals surface area contributed by atoms with Crippen molar-refractivity contribution in [2.45, 2.75) is 17.5 Å². The molecule has 0 N–H and O–H groups in total. The summed E-state index contributed by atoms with van der Waals surface area (Å²) in [6.45, 7) is 0. The number of fused-ring (bicyclic) bond motifs is 1. The molecule has 0 aliphatic rings. The maximum Gasteiger partial charge on any atom is 0.417 e. The number of hydrogen-bond donors (Lipinski definition) is 0. The van der Waals surface area contributed by atoms with Crippen LogP contribution in [0, 0.1) is 5.82 Å². The molecule has 0 saturated heterocycles. The molecule has 0 saturated carbocycles. The standard InChI is InChI=1S/C21H12ClF4N3O3S/c22-17-3-1-2-16(21(24,25)26)20(17)19(30)9-14-8-18-12(10-27-14)11-28-29(18)33(31,32)15-6-4-13(23)5-7-15/h1-8,10-11H,9H2. The zero-order valence-corrected chi connectivity index (χ0v) is 17.9. The zero-order chi connectivity index (χ0) is 24.0. The Morgan fingerprint density at radius 1 is 1.06 bits per heavy atom. The van der Waals surface area contributed by atoms with Gasteiger partial charge in [0.05, 0.1) is 39.3 Å². The summed E-state index contributed by atoms with van der Waals surface area (Å²) in [5.41, 5.74) is -1.81. The van der Waals surface area contributed by atoms with Crippen LogP contribution in [0.5, 0.6) is 0 Å². The minimum absolute atomic E-state index is 0.0107. The van der Waals surface area contributed by atoms with E-state index in [1.54, 1.807) is 0 Å². The number of aromatic nitrogens is 3. The second-order valence-electron chi connectivity index (χ2n) is 6.94. The van der Waals surface area contributed by atoms with Crippen molar-refractivity contribution < 1.29 is 30.8 Å². The monoisotopic (exact) mass is 497 g/mol. The fourth-order valence-corrected chi connectivity index (χ4v) is 4.78. The van der Waals surface area contributed by atoms with E-state index in [0.717, 1.165) is 36.4 Å². The summed E-state index contributed by atoms with van der Waals surface area (Å²) in [5.74, 6) is -1.56. The SMILES string of the molecule is O=C(Cc1cc2c(cn1)cnn2S(=O)(=O)c1ccc(F)cc1)c1c(Cl)cccc1C(F)(F)F. The quantitative estimate of drug-likeness (QED) is 0.289. The van der Waals surface area contributed by atoms with Gasteiger partial charge in [0.25, 0.3) is 10.0 Å². The van der Waals surface area contributed by atoms with Gasteiger partial charge in [-0.05, 0) is 42.5 Å². The molecule has 170 valence electrons. The molecule has 33 heavy (non-hydrogen) atoms. The van der Waals surface area contributed by atoms with Gasteiger partial charge in [0, 0.05) is 17.1 Å². The van der Waals surface area contributed by atoms with E-state index < -0.39 is 45.3 Å². The lowest BCUT2D eigenvalue weighted by atomic mass is 9.99. The highest BCUT2D eigenvalue weighted by atomic mass is 35.5. The summed E-state index contributed by atoms with van der Waals surface area (Å²) >= 11 is 5.88. The van der Waals surface area contributed by atoms with Crippen molar-refractivity contribution in [3.8, 4) is 0 Å². The molecule has 0 bridgehead atoms. The Hall–Kier alpha value is -3.31. The van der Waals surface area contributed by atoms with E-state index in [-0.39, 0.29) is 21.1 Å². The zero-order valence-electron chi connectivity index (χ0n) is 16.3. The summed E-state index contributed by atoms with van der Waals surface area (Å²) in [6.07, 6.45) is -2.89. The van der Waals surface area contributed by atoms with E-state index >= 15 is 0 Å². The molecule has 6 nitrogen and oxygen atoms in total. The summed E-state index contributed by atoms with van der Waals surface area (Å²) < 4.78 is 79.7. The lowest BCUT2D eigenvalue weighted by Gasteiger charge is -2.13. The topological polar surface area (TPSA) is 81.9 Å². The fraction of sp³-hybridized carbons (Fsp3) is 0.0952. The molecular weight excluding hydrogens is 486 g/mol. The van der Waals surface area contributed by atoms with Crippen molar-refractivity contribution >= 4 is 38.3 Å². The van der Waals surface area contributed by atoms with Crippen molar-refractivity contribution in [1.29, 1.82) is 0 Å². The number of carbonyl (C=O) groups excluding carboxylic acids is 1. The number of nitrogens with zero attached hydrogens (tertiary/aromatic N) is 3. The van der Waals surface area contributed by atoms with Crippen LogP contribution in [0.1, 0.15) is 21.6 Å². The molecule has 0 aliphatic heterocycles. The molecule has 2 heterocycles. The molecule has 4 aromatic rings. The number of hydrogen-bond acceptors (Lipinski definition) is 5. The van der Waals surface area contributed by atoms with Crippen LogP contribution in [0.3, 0.4) is 0 Å². The average Bonchev–Trinajstić information content (AvgIpc) is 3.17. The summed E-state index contributed by atoms with van der Waals surface area (Å²) in [6, 6.07) is 8.35. The highest BCUT2D eigenvalue weighted by molar-refractivity contribution is 7.90. The van der Waals surface area contributed by atoms with E-state index in [9.17, 15) is 30.8 Å². The molecule has 0 unspecified atom stereocenters. The van der Waals surface area contributed by atoms with Crippen molar-refractivity contribution in [3.05, 3.63) is 88.6 Å². The van der Waals surface area contributed by atoms with Crippen LogP contribution < -0.4 is 0 Å². The number of pyridine rings is 1. The Kier molecular flexibility index (Phi) is 5.71. The van der Waals surface area contributed by atoms with Crippen LogP contribution in [0.15, 0.2) is 65.8 Å². The first-order valence-corrected chi connectivity index (χ1v) is 11.0. The third-order valence-electron chi connectivity index (χ3n) is 4.76. The smallest absolute Gasteiger partial charge is 0.294 e. The van der Waals surface area contributed by atoms with Gasteiger partial charge in [0.15, 0.2) is 5.78 Å². The van der Waals surface area contributed by atoms with Crippen LogP contribution >= 0.6 is 11.6 Å². The Bertz CT molecular complexity index is 1480. The van der Waals surface area contributed by atoms with Crippen molar-refractivity contribution in [1.82, 2.24) is 14.2 Å². The van der Waals surface area contributed by atoms with Crippen molar-refractivity contribution in [2.75, 3.05) is 0 Å². The largest absolute Gasteiger partial charge is 0.417 e. The molecule has 12 heteroatoms. The molecule has 0 amide bonds.